The van der Waals surface area contributed by atoms with Crippen LogP contribution in [0.25, 0.3) is 0 Å². The van der Waals surface area contributed by atoms with Crippen molar-refractivity contribution in [3.63, 3.8) is 0 Å². The first-order chi connectivity index (χ1) is 13.2. The second-order valence-corrected chi connectivity index (χ2v) is 9.03. The number of aromatic nitrogens is 2. The van der Waals surface area contributed by atoms with E-state index in [1.807, 2.05) is 17.2 Å². The smallest absolute Gasteiger partial charge is 0.318 e. The number of carbonyl (C=O) groups is 1. The molecular weight excluding hydrogens is 358 g/mol. The Morgan fingerprint density at radius 2 is 2.26 bits per heavy atom. The molecular formula is C20H25N5OS. The average Bonchev–Trinajstić information content (AvgIpc) is 3.24. The zero-order valence-corrected chi connectivity index (χ0v) is 16.5. The van der Waals surface area contributed by atoms with Gasteiger partial charge in [-0.3, -0.25) is 0 Å². The summed E-state index contributed by atoms with van der Waals surface area (Å²) in [7, 11) is 0. The lowest BCUT2D eigenvalue weighted by Crippen LogP contribution is -2.46. The number of nitrogens with zero attached hydrogens (tertiary/aromatic N) is 4. The zero-order chi connectivity index (χ0) is 18.4. The van der Waals surface area contributed by atoms with Crippen LogP contribution in [-0.4, -0.2) is 40.0 Å². The van der Waals surface area contributed by atoms with E-state index in [1.165, 1.54) is 17.0 Å². The lowest BCUT2D eigenvalue weighted by molar-refractivity contribution is 0.188. The highest BCUT2D eigenvalue weighted by Crippen LogP contribution is 2.35. The van der Waals surface area contributed by atoms with Gasteiger partial charge in [0.2, 0.25) is 0 Å². The standard InChI is InChI=1S/C20H25N5OS/c1-13-22-16-7-2-8-17(18(16)27-13)23-20(26)24-11-14-5-3-9-21-19(14)25-10-4-6-15(25)12-24/h3,5,9,15,17H,2,4,6-8,10-12H2,1H3,(H,23,26)/t15-,17?/m1/s1. The highest BCUT2D eigenvalue weighted by molar-refractivity contribution is 7.11. The second-order valence-electron chi connectivity index (χ2n) is 7.79. The quantitative estimate of drug-likeness (QED) is 0.820. The van der Waals surface area contributed by atoms with Crippen molar-refractivity contribution in [2.24, 2.45) is 0 Å². The van der Waals surface area contributed by atoms with Gasteiger partial charge in [-0.05, 0) is 45.1 Å². The van der Waals surface area contributed by atoms with Gasteiger partial charge < -0.3 is 15.1 Å². The molecule has 142 valence electrons. The number of anilines is 1. The summed E-state index contributed by atoms with van der Waals surface area (Å²) >= 11 is 1.73. The van der Waals surface area contributed by atoms with Gasteiger partial charge in [0.05, 0.1) is 28.2 Å². The number of amides is 2. The summed E-state index contributed by atoms with van der Waals surface area (Å²) in [5.41, 5.74) is 2.33. The highest BCUT2D eigenvalue weighted by Gasteiger charge is 2.35. The van der Waals surface area contributed by atoms with E-state index in [9.17, 15) is 4.79 Å². The predicted octanol–water partition coefficient (Wildman–Crippen LogP) is 3.42. The number of thiazole rings is 1. The fraction of sp³-hybridized carbons (Fsp3) is 0.550. The van der Waals surface area contributed by atoms with Gasteiger partial charge in [-0.2, -0.15) is 0 Å². The monoisotopic (exact) mass is 383 g/mol. The fourth-order valence-electron chi connectivity index (χ4n) is 4.72. The maximum Gasteiger partial charge on any atom is 0.318 e. The van der Waals surface area contributed by atoms with Crippen LogP contribution in [0.2, 0.25) is 0 Å². The third kappa shape index (κ3) is 3.08. The normalized spacial score (nSPS) is 24.0. The zero-order valence-electron chi connectivity index (χ0n) is 15.6. The first-order valence-corrected chi connectivity index (χ1v) is 10.7. The van der Waals surface area contributed by atoms with Crippen LogP contribution >= 0.6 is 11.3 Å². The number of rotatable bonds is 1. The van der Waals surface area contributed by atoms with Crippen LogP contribution in [0.5, 0.6) is 0 Å². The molecule has 2 amide bonds. The minimum atomic E-state index is 0.0439. The van der Waals surface area contributed by atoms with Crippen LogP contribution in [0.3, 0.4) is 0 Å². The SMILES string of the molecule is Cc1nc2c(s1)C(NC(=O)N1Cc3cccnc3N3CCC[C@@H]3C1)CCC2. The van der Waals surface area contributed by atoms with Crippen LogP contribution in [0, 0.1) is 6.92 Å². The number of pyridine rings is 1. The van der Waals surface area contributed by atoms with Crippen LogP contribution in [-0.2, 0) is 13.0 Å². The third-order valence-electron chi connectivity index (χ3n) is 5.95. The topological polar surface area (TPSA) is 61.4 Å². The van der Waals surface area contributed by atoms with Crippen molar-refractivity contribution in [2.75, 3.05) is 18.0 Å². The summed E-state index contributed by atoms with van der Waals surface area (Å²) in [5, 5.41) is 4.41. The van der Waals surface area contributed by atoms with E-state index in [0.717, 1.165) is 55.2 Å². The lowest BCUT2D eigenvalue weighted by atomic mass is 9.98. The number of nitrogens with one attached hydrogen (secondary N) is 1. The first kappa shape index (κ1) is 17.0. The summed E-state index contributed by atoms with van der Waals surface area (Å²) in [6.07, 6.45) is 7.28. The lowest BCUT2D eigenvalue weighted by Gasteiger charge is -2.29. The fourth-order valence-corrected chi connectivity index (χ4v) is 5.77. The molecule has 4 heterocycles. The Morgan fingerprint density at radius 1 is 1.33 bits per heavy atom. The van der Waals surface area contributed by atoms with Gasteiger partial charge in [0, 0.05) is 30.9 Å². The summed E-state index contributed by atoms with van der Waals surface area (Å²) in [4.78, 5) is 28.1. The molecule has 7 heteroatoms. The predicted molar refractivity (Wildman–Crippen MR) is 106 cm³/mol. The molecule has 0 saturated carbocycles. The van der Waals surface area contributed by atoms with Gasteiger partial charge in [0.1, 0.15) is 5.82 Å². The molecule has 1 N–H and O–H groups in total. The second kappa shape index (κ2) is 6.78. The Labute approximate surface area is 163 Å². The first-order valence-electron chi connectivity index (χ1n) is 9.91. The molecule has 2 aliphatic heterocycles. The van der Waals surface area contributed by atoms with Crippen LogP contribution in [0.4, 0.5) is 10.6 Å². The molecule has 1 saturated heterocycles. The molecule has 0 spiro atoms. The van der Waals surface area contributed by atoms with Crippen molar-refractivity contribution in [1.29, 1.82) is 0 Å². The van der Waals surface area contributed by atoms with Gasteiger partial charge in [0.15, 0.2) is 0 Å². The van der Waals surface area contributed by atoms with E-state index in [1.54, 1.807) is 11.3 Å². The maximum absolute atomic E-state index is 13.2. The Kier molecular flexibility index (Phi) is 4.27. The molecule has 2 aromatic heterocycles. The molecule has 2 aromatic rings. The van der Waals surface area contributed by atoms with Crippen molar-refractivity contribution in [3.05, 3.63) is 39.5 Å². The molecule has 2 atom stereocenters. The number of aryl methyl sites for hydroxylation is 2. The highest BCUT2D eigenvalue weighted by atomic mass is 32.1. The van der Waals surface area contributed by atoms with Gasteiger partial charge in [-0.15, -0.1) is 11.3 Å². The number of fused-ring (bicyclic) bond motifs is 4. The number of carbonyl (C=O) groups excluding carboxylic acids is 1. The number of urea groups is 1. The minimum Gasteiger partial charge on any atom is -0.352 e. The molecule has 1 fully saturated rings. The van der Waals surface area contributed by atoms with E-state index in [0.29, 0.717) is 12.6 Å². The Bertz CT molecular complexity index is 866. The molecule has 0 bridgehead atoms. The van der Waals surface area contributed by atoms with E-state index in [-0.39, 0.29) is 12.1 Å². The molecule has 1 unspecified atom stereocenters. The molecule has 0 aromatic carbocycles. The van der Waals surface area contributed by atoms with E-state index in [2.05, 4.69) is 33.2 Å². The molecule has 3 aliphatic rings. The summed E-state index contributed by atoms with van der Waals surface area (Å²) in [6.45, 7) is 4.48. The van der Waals surface area contributed by atoms with Crippen molar-refractivity contribution in [2.45, 2.75) is 57.7 Å². The molecule has 27 heavy (non-hydrogen) atoms. The number of hydrogen-bond donors (Lipinski definition) is 1. The Hall–Kier alpha value is -2.15. The van der Waals surface area contributed by atoms with E-state index in [4.69, 9.17) is 0 Å². The molecule has 6 nitrogen and oxygen atoms in total. The van der Waals surface area contributed by atoms with Crippen molar-refractivity contribution in [1.82, 2.24) is 20.2 Å². The largest absolute Gasteiger partial charge is 0.352 e. The minimum absolute atomic E-state index is 0.0439. The average molecular weight is 384 g/mol. The van der Waals surface area contributed by atoms with Crippen LogP contribution in [0.1, 0.15) is 52.9 Å². The van der Waals surface area contributed by atoms with E-state index >= 15 is 0 Å². The maximum atomic E-state index is 13.2. The van der Waals surface area contributed by atoms with Crippen molar-refractivity contribution in [3.8, 4) is 0 Å². The van der Waals surface area contributed by atoms with Gasteiger partial charge in [-0.25, -0.2) is 14.8 Å². The van der Waals surface area contributed by atoms with Gasteiger partial charge >= 0.3 is 6.03 Å². The van der Waals surface area contributed by atoms with Crippen LogP contribution in [0.15, 0.2) is 18.3 Å². The van der Waals surface area contributed by atoms with Crippen molar-refractivity contribution >= 4 is 23.2 Å². The Balaban J connectivity index is 1.38. The molecule has 5 rings (SSSR count). The van der Waals surface area contributed by atoms with Gasteiger partial charge in [0.25, 0.3) is 0 Å². The molecule has 1 aliphatic carbocycles. The summed E-state index contributed by atoms with van der Waals surface area (Å²) in [6, 6.07) is 4.60. The van der Waals surface area contributed by atoms with Gasteiger partial charge in [-0.1, -0.05) is 6.07 Å². The summed E-state index contributed by atoms with van der Waals surface area (Å²) < 4.78 is 0. The van der Waals surface area contributed by atoms with Crippen LogP contribution < -0.4 is 10.2 Å². The molecule has 0 radical (unpaired) electrons. The Morgan fingerprint density at radius 3 is 3.19 bits per heavy atom. The summed E-state index contributed by atoms with van der Waals surface area (Å²) in [5.74, 6) is 1.06. The van der Waals surface area contributed by atoms with Crippen molar-refractivity contribution < 1.29 is 4.79 Å². The number of hydrogen-bond acceptors (Lipinski definition) is 5. The van der Waals surface area contributed by atoms with E-state index < -0.39 is 0 Å². The third-order valence-corrected chi connectivity index (χ3v) is 7.08.